The van der Waals surface area contributed by atoms with Crippen LogP contribution in [0.3, 0.4) is 0 Å². The highest BCUT2D eigenvalue weighted by Gasteiger charge is 2.15. The molecule has 0 bridgehead atoms. The van der Waals surface area contributed by atoms with Gasteiger partial charge in [0.05, 0.1) is 19.4 Å². The molecule has 0 radical (unpaired) electrons. The average Bonchev–Trinajstić information content (AvgIpc) is 2.46. The third-order valence-corrected chi connectivity index (χ3v) is 3.72. The zero-order valence-electron chi connectivity index (χ0n) is 13.2. The number of ether oxygens (including phenoxy) is 2. The van der Waals surface area contributed by atoms with Crippen LogP contribution in [-0.4, -0.2) is 38.3 Å². The summed E-state index contributed by atoms with van der Waals surface area (Å²) in [6.45, 7) is 7.05. The maximum Gasteiger partial charge on any atom is 0.141 e. The van der Waals surface area contributed by atoms with Gasteiger partial charge in [-0.1, -0.05) is 19.9 Å². The molecule has 0 amide bonds. The number of nitrogens with two attached hydrogens (primary N) is 1. The van der Waals surface area contributed by atoms with E-state index in [1.165, 1.54) is 5.56 Å². The lowest BCUT2D eigenvalue weighted by Gasteiger charge is -2.30. The molecule has 0 aliphatic rings. The zero-order chi connectivity index (χ0) is 15.0. The van der Waals surface area contributed by atoms with Crippen molar-refractivity contribution in [1.82, 2.24) is 4.90 Å². The lowest BCUT2D eigenvalue weighted by atomic mass is 10.1. The Hall–Kier alpha value is -1.26. The molecule has 0 aliphatic heterocycles. The van der Waals surface area contributed by atoms with Crippen molar-refractivity contribution in [2.45, 2.75) is 39.3 Å². The number of rotatable bonds is 9. The van der Waals surface area contributed by atoms with E-state index in [2.05, 4.69) is 24.8 Å². The van der Waals surface area contributed by atoms with Crippen LogP contribution in [-0.2, 0) is 11.3 Å². The second kappa shape index (κ2) is 8.82. The smallest absolute Gasteiger partial charge is 0.141 e. The van der Waals surface area contributed by atoms with E-state index in [0.717, 1.165) is 38.3 Å². The molecule has 4 heteroatoms. The molecular weight excluding hydrogens is 252 g/mol. The average molecular weight is 280 g/mol. The Labute approximate surface area is 122 Å². The maximum absolute atomic E-state index is 5.98. The van der Waals surface area contributed by atoms with E-state index in [4.69, 9.17) is 15.2 Å². The largest absolute Gasteiger partial charge is 0.495 e. The fourth-order valence-corrected chi connectivity index (χ4v) is 2.52. The molecule has 1 aromatic rings. The number of nitrogens with zero attached hydrogens (tertiary/aromatic N) is 1. The Morgan fingerprint density at radius 1 is 1.20 bits per heavy atom. The summed E-state index contributed by atoms with van der Waals surface area (Å²) in [6, 6.07) is 6.60. The van der Waals surface area contributed by atoms with Gasteiger partial charge in [0, 0.05) is 26.2 Å². The number of methoxy groups -OCH3 is 2. The SMILES string of the molecule is CCC(CC)N(CCOC)Cc1ccc(OC)c(N)c1. The van der Waals surface area contributed by atoms with Gasteiger partial charge in [0.1, 0.15) is 5.75 Å². The molecular formula is C16H28N2O2. The summed E-state index contributed by atoms with van der Waals surface area (Å²) in [5.41, 5.74) is 7.89. The van der Waals surface area contributed by atoms with E-state index < -0.39 is 0 Å². The predicted molar refractivity (Wildman–Crippen MR) is 84.1 cm³/mol. The number of hydrogen-bond acceptors (Lipinski definition) is 4. The van der Waals surface area contributed by atoms with Crippen LogP contribution in [0.5, 0.6) is 5.75 Å². The molecule has 0 heterocycles. The van der Waals surface area contributed by atoms with Crippen LogP contribution in [0.25, 0.3) is 0 Å². The Kier molecular flexibility index (Phi) is 7.41. The van der Waals surface area contributed by atoms with Gasteiger partial charge < -0.3 is 15.2 Å². The Morgan fingerprint density at radius 3 is 2.40 bits per heavy atom. The van der Waals surface area contributed by atoms with Crippen molar-refractivity contribution in [2.24, 2.45) is 0 Å². The van der Waals surface area contributed by atoms with Crippen molar-refractivity contribution in [1.29, 1.82) is 0 Å². The van der Waals surface area contributed by atoms with E-state index in [0.29, 0.717) is 11.7 Å². The molecule has 0 saturated carbocycles. The minimum Gasteiger partial charge on any atom is -0.495 e. The predicted octanol–water partition coefficient (Wildman–Crippen LogP) is 2.91. The molecule has 0 unspecified atom stereocenters. The summed E-state index contributed by atoms with van der Waals surface area (Å²) in [7, 11) is 3.39. The number of hydrogen-bond donors (Lipinski definition) is 1. The highest BCUT2D eigenvalue weighted by Crippen LogP contribution is 2.23. The van der Waals surface area contributed by atoms with E-state index in [1.807, 2.05) is 12.1 Å². The second-order valence-electron chi connectivity index (χ2n) is 5.01. The van der Waals surface area contributed by atoms with Gasteiger partial charge in [0.2, 0.25) is 0 Å². The van der Waals surface area contributed by atoms with Crippen molar-refractivity contribution in [3.05, 3.63) is 23.8 Å². The summed E-state index contributed by atoms with van der Waals surface area (Å²) in [6.07, 6.45) is 2.29. The van der Waals surface area contributed by atoms with Crippen molar-refractivity contribution in [2.75, 3.05) is 33.1 Å². The van der Waals surface area contributed by atoms with Gasteiger partial charge >= 0.3 is 0 Å². The molecule has 0 aliphatic carbocycles. The fourth-order valence-electron chi connectivity index (χ4n) is 2.52. The van der Waals surface area contributed by atoms with Crippen LogP contribution in [0.1, 0.15) is 32.3 Å². The summed E-state index contributed by atoms with van der Waals surface area (Å²) >= 11 is 0. The summed E-state index contributed by atoms with van der Waals surface area (Å²) < 4.78 is 10.4. The topological polar surface area (TPSA) is 47.7 Å². The van der Waals surface area contributed by atoms with Gasteiger partial charge in [-0.05, 0) is 30.5 Å². The van der Waals surface area contributed by atoms with E-state index in [9.17, 15) is 0 Å². The monoisotopic (exact) mass is 280 g/mol. The summed E-state index contributed by atoms with van der Waals surface area (Å²) in [5, 5.41) is 0. The third kappa shape index (κ3) is 4.69. The summed E-state index contributed by atoms with van der Waals surface area (Å²) in [5.74, 6) is 0.736. The maximum atomic E-state index is 5.98. The molecule has 1 rings (SSSR count). The van der Waals surface area contributed by atoms with Gasteiger partial charge in [-0.3, -0.25) is 4.90 Å². The number of benzene rings is 1. The minimum absolute atomic E-state index is 0.577. The first-order valence-corrected chi connectivity index (χ1v) is 7.31. The summed E-state index contributed by atoms with van der Waals surface area (Å²) in [4.78, 5) is 2.46. The van der Waals surface area contributed by atoms with Gasteiger partial charge in [0.15, 0.2) is 0 Å². The molecule has 0 saturated heterocycles. The molecule has 114 valence electrons. The third-order valence-electron chi connectivity index (χ3n) is 3.72. The van der Waals surface area contributed by atoms with Crippen LogP contribution in [0.4, 0.5) is 5.69 Å². The fraction of sp³-hybridized carbons (Fsp3) is 0.625. The minimum atomic E-state index is 0.577. The van der Waals surface area contributed by atoms with Crippen LogP contribution in [0.2, 0.25) is 0 Å². The van der Waals surface area contributed by atoms with Crippen molar-refractivity contribution < 1.29 is 9.47 Å². The first-order valence-electron chi connectivity index (χ1n) is 7.31. The number of anilines is 1. The molecule has 0 spiro atoms. The molecule has 1 aromatic carbocycles. The molecule has 0 aromatic heterocycles. The normalized spacial score (nSPS) is 11.3. The molecule has 0 atom stereocenters. The van der Waals surface area contributed by atoms with Crippen molar-refractivity contribution in [3.63, 3.8) is 0 Å². The van der Waals surface area contributed by atoms with E-state index >= 15 is 0 Å². The Bertz CT molecular complexity index is 392. The van der Waals surface area contributed by atoms with Crippen LogP contribution >= 0.6 is 0 Å². The molecule has 2 N–H and O–H groups in total. The van der Waals surface area contributed by atoms with Crippen molar-refractivity contribution in [3.8, 4) is 5.75 Å². The van der Waals surface area contributed by atoms with Gasteiger partial charge in [-0.15, -0.1) is 0 Å². The second-order valence-corrected chi connectivity index (χ2v) is 5.01. The van der Waals surface area contributed by atoms with Gasteiger partial charge in [0.25, 0.3) is 0 Å². The molecule has 0 fully saturated rings. The Balaban J connectivity index is 2.79. The van der Waals surface area contributed by atoms with E-state index in [-0.39, 0.29) is 0 Å². The lowest BCUT2D eigenvalue weighted by Crippen LogP contribution is -2.36. The molecule has 4 nitrogen and oxygen atoms in total. The number of nitrogen functional groups attached to an aromatic ring is 1. The van der Waals surface area contributed by atoms with Gasteiger partial charge in [-0.2, -0.15) is 0 Å². The lowest BCUT2D eigenvalue weighted by molar-refractivity contribution is 0.110. The van der Waals surface area contributed by atoms with Crippen LogP contribution in [0.15, 0.2) is 18.2 Å². The highest BCUT2D eigenvalue weighted by molar-refractivity contribution is 5.54. The quantitative estimate of drug-likeness (QED) is 0.707. The van der Waals surface area contributed by atoms with Crippen LogP contribution < -0.4 is 10.5 Å². The first kappa shape index (κ1) is 16.8. The van der Waals surface area contributed by atoms with Crippen LogP contribution in [0, 0.1) is 0 Å². The standard InChI is InChI=1S/C16H28N2O2/c1-5-14(6-2)18(9-10-19-3)12-13-7-8-16(20-4)15(17)11-13/h7-8,11,14H,5-6,9-10,12,17H2,1-4H3. The van der Waals surface area contributed by atoms with Crippen molar-refractivity contribution >= 4 is 5.69 Å². The molecule has 20 heavy (non-hydrogen) atoms. The zero-order valence-corrected chi connectivity index (χ0v) is 13.2. The highest BCUT2D eigenvalue weighted by atomic mass is 16.5. The first-order chi connectivity index (χ1) is 9.65. The van der Waals surface area contributed by atoms with E-state index in [1.54, 1.807) is 14.2 Å². The Morgan fingerprint density at radius 2 is 1.90 bits per heavy atom. The van der Waals surface area contributed by atoms with Gasteiger partial charge in [-0.25, -0.2) is 0 Å².